The number of phenolic OH excluding ortho intramolecular Hbond substituents is 1. The van der Waals surface area contributed by atoms with E-state index in [0.29, 0.717) is 57.5 Å². The van der Waals surface area contributed by atoms with Crippen LogP contribution >= 0.6 is 73.5 Å². The van der Waals surface area contributed by atoms with Crippen molar-refractivity contribution in [3.05, 3.63) is 53.8 Å². The van der Waals surface area contributed by atoms with Gasteiger partial charge in [0, 0.05) is 35.4 Å². The number of fused-ring (bicyclic) bond motifs is 1. The van der Waals surface area contributed by atoms with Gasteiger partial charge in [0.25, 0.3) is 0 Å². The maximum Gasteiger partial charge on any atom is 1.00 e. The summed E-state index contributed by atoms with van der Waals surface area (Å²) in [4.78, 5) is 12.3. The molecule has 0 aliphatic carbocycles. The Morgan fingerprint density at radius 2 is 1.61 bits per heavy atom. The summed E-state index contributed by atoms with van der Waals surface area (Å²) in [5.41, 5.74) is 0.626. The third-order valence-electron chi connectivity index (χ3n) is 5.61. The molecular weight excluding hydrogens is 1100 g/mol. The SMILES string of the molecule is O=S(=O)(CCOSOO[O-])c1ccc(N=Nc2c(SOO[O-])cc3cc(Nc4nc(Cl)nc(NCCSOO[O-])n4)ccc3c2O)cc1.P[I-]I.[Na+].[Na+].[Na+]. The molecule has 4 aromatic rings. The average Bonchev–Trinajstić information content (AvgIpc) is 3.10. The molecule has 1 heterocycles. The summed E-state index contributed by atoms with van der Waals surface area (Å²) in [7, 11) is -3.75. The molecule has 54 heavy (non-hydrogen) atoms. The van der Waals surface area contributed by atoms with Crippen molar-refractivity contribution in [1.29, 1.82) is 0 Å². The Hall–Kier alpha value is 1.71. The molecule has 0 bridgehead atoms. The van der Waals surface area contributed by atoms with Crippen molar-refractivity contribution >= 4 is 123 Å². The molecule has 0 amide bonds. The zero-order valence-electron chi connectivity index (χ0n) is 27.9. The second kappa shape index (κ2) is 31.6. The van der Waals surface area contributed by atoms with Crippen LogP contribution in [0.15, 0.2) is 68.6 Å². The van der Waals surface area contributed by atoms with Gasteiger partial charge in [-0.1, -0.05) is 0 Å². The Labute approximate surface area is 413 Å². The minimum Gasteiger partial charge on any atom is 1.00 e. The van der Waals surface area contributed by atoms with E-state index in [2.05, 4.69) is 89.4 Å². The monoisotopic (exact) mass is 1120 g/mol. The number of nitrogens with one attached hydrogen (secondary N) is 2. The van der Waals surface area contributed by atoms with Gasteiger partial charge in [-0.25, -0.2) is 8.42 Å². The van der Waals surface area contributed by atoms with Crippen molar-refractivity contribution in [3.63, 3.8) is 0 Å². The van der Waals surface area contributed by atoms with Gasteiger partial charge in [-0.2, -0.15) is 28.7 Å². The molecular formula is C23H21ClI2N7Na3O13PS4-. The van der Waals surface area contributed by atoms with Crippen LogP contribution in [0.4, 0.5) is 29.0 Å². The zero-order valence-corrected chi connectivity index (χ0v) is 43.4. The van der Waals surface area contributed by atoms with Crippen molar-refractivity contribution in [2.24, 2.45) is 10.2 Å². The molecule has 280 valence electrons. The van der Waals surface area contributed by atoms with Gasteiger partial charge in [-0.3, -0.25) is 19.3 Å². The minimum atomic E-state index is -3.75. The summed E-state index contributed by atoms with van der Waals surface area (Å²) in [6.45, 7) is 2.70. The molecule has 0 fully saturated rings. The van der Waals surface area contributed by atoms with E-state index in [1.165, 1.54) is 24.3 Å². The van der Waals surface area contributed by atoms with Crippen LogP contribution in [0.1, 0.15) is 0 Å². The first-order valence-electron chi connectivity index (χ1n) is 13.0. The zero-order chi connectivity index (χ0) is 37.1. The predicted molar refractivity (Wildman–Crippen MR) is 187 cm³/mol. The molecule has 20 nitrogen and oxygen atoms in total. The number of phenols is 1. The molecule has 3 N–H and O–H groups in total. The van der Waals surface area contributed by atoms with Crippen LogP contribution in [0.25, 0.3) is 10.8 Å². The van der Waals surface area contributed by atoms with Crippen LogP contribution in [-0.4, -0.2) is 53.1 Å². The number of hydrogen-bond donors (Lipinski definition) is 3. The second-order valence-corrected chi connectivity index (χ2v) is 24.1. The van der Waals surface area contributed by atoms with Gasteiger partial charge in [0.05, 0.1) is 39.9 Å². The number of halogens is 3. The van der Waals surface area contributed by atoms with Crippen LogP contribution in [0.5, 0.6) is 5.75 Å². The van der Waals surface area contributed by atoms with E-state index in [1.807, 2.05) is 0 Å². The quantitative estimate of drug-likeness (QED) is 0.0108. The van der Waals surface area contributed by atoms with Crippen molar-refractivity contribution < 1.29 is 167 Å². The van der Waals surface area contributed by atoms with Crippen molar-refractivity contribution in [3.8, 4) is 5.75 Å². The third-order valence-corrected chi connectivity index (χ3v) is 8.99. The fourth-order valence-corrected chi connectivity index (χ4v) is 6.02. The van der Waals surface area contributed by atoms with Crippen LogP contribution in [0.3, 0.4) is 0 Å². The predicted octanol–water partition coefficient (Wildman–Crippen LogP) is -8.14. The Kier molecular flexibility index (Phi) is 32.6. The number of nitrogens with zero attached hydrogens (tertiary/aromatic N) is 5. The molecule has 3 aromatic carbocycles. The Balaban J connectivity index is 0.00000453. The first-order valence-corrected chi connectivity index (χ1v) is 27.8. The standard InChI is InChI=1S/C23H22ClN7O13S4.H2I2P.3Na/c24-21-27-22(25-7-9-45-42-39-33)29-23(28-21)26-15-3-6-17-13(11-15)12-18(46-43-40-34)19(20(17)32)31-30-14-1-4-16(5-2-14)48(36,37)10-8-38-47-44-41-35;1-2-3;;;/h1-6,11-12,32-35H,7-10H2,(H2,25,26,27,28,29);3H2;;;/q;-1;3*+1/p-3. The van der Waals surface area contributed by atoms with Gasteiger partial charge in [0.15, 0.2) is 27.9 Å². The summed E-state index contributed by atoms with van der Waals surface area (Å²) in [6, 6.07) is 11.7. The molecule has 0 aliphatic heterocycles. The van der Waals surface area contributed by atoms with Crippen LogP contribution in [-0.2, 0) is 42.1 Å². The number of aromatic nitrogens is 3. The van der Waals surface area contributed by atoms with E-state index in [-0.39, 0.29) is 152 Å². The Morgan fingerprint density at radius 3 is 2.28 bits per heavy atom. The molecule has 1 unspecified atom stereocenters. The fraction of sp³-hybridized carbons (Fsp3) is 0.174. The Morgan fingerprint density at radius 1 is 0.944 bits per heavy atom. The van der Waals surface area contributed by atoms with Crippen molar-refractivity contribution in [1.82, 2.24) is 15.0 Å². The number of rotatable bonds is 20. The first-order chi connectivity index (χ1) is 24.6. The molecule has 0 saturated heterocycles. The molecule has 31 heteroatoms. The fourth-order valence-electron chi connectivity index (χ4n) is 3.67. The van der Waals surface area contributed by atoms with E-state index in [9.17, 15) is 29.3 Å². The molecule has 1 atom stereocenters. The van der Waals surface area contributed by atoms with Gasteiger partial charge in [-0.05, 0) is 65.5 Å². The summed E-state index contributed by atoms with van der Waals surface area (Å²) in [5.74, 6) is -0.169. The summed E-state index contributed by atoms with van der Waals surface area (Å²) in [5, 5.41) is 65.8. The number of anilines is 3. The first kappa shape index (κ1) is 55.7. The van der Waals surface area contributed by atoms with Crippen LogP contribution in [0, 0.1) is 0 Å². The summed E-state index contributed by atoms with van der Waals surface area (Å²) < 4.78 is 42.3. The molecule has 0 saturated carbocycles. The van der Waals surface area contributed by atoms with E-state index in [4.69, 9.17) is 15.8 Å². The van der Waals surface area contributed by atoms with Gasteiger partial charge >= 0.3 is 131 Å². The van der Waals surface area contributed by atoms with Crippen LogP contribution < -0.4 is 132 Å². The third kappa shape index (κ3) is 19.8. The van der Waals surface area contributed by atoms with Crippen molar-refractivity contribution in [2.45, 2.75) is 9.79 Å². The van der Waals surface area contributed by atoms with Crippen LogP contribution in [0.2, 0.25) is 5.28 Å². The number of hydrogen-bond acceptors (Lipinski definition) is 23. The maximum atomic E-state index is 12.5. The summed E-state index contributed by atoms with van der Waals surface area (Å²) in [6.07, 6.45) is 0. The molecule has 1 aromatic heterocycles. The Bertz CT molecular complexity index is 1850. The number of sulfone groups is 1. The number of aromatic hydroxyl groups is 1. The smallest absolute Gasteiger partial charge is 1.00 e. The molecule has 0 radical (unpaired) electrons. The van der Waals surface area contributed by atoms with E-state index >= 15 is 0 Å². The molecule has 0 aliphatic rings. The maximum absolute atomic E-state index is 12.5. The number of benzene rings is 3. The van der Waals surface area contributed by atoms with Gasteiger partial charge in [-0.15, -0.1) is 9.45 Å². The number of azo groups is 1. The second-order valence-electron chi connectivity index (χ2n) is 8.61. The van der Waals surface area contributed by atoms with E-state index < -0.39 is 15.6 Å². The van der Waals surface area contributed by atoms with Gasteiger partial charge < -0.3 is 31.5 Å². The summed E-state index contributed by atoms with van der Waals surface area (Å²) >= 11 is 10.3. The van der Waals surface area contributed by atoms with Gasteiger partial charge in [0.1, 0.15) is 5.69 Å². The largest absolute Gasteiger partial charge is 1.00 e. The van der Waals surface area contributed by atoms with Crippen molar-refractivity contribution in [2.75, 3.05) is 35.3 Å². The normalized spacial score (nSPS) is 10.9. The minimum absolute atomic E-state index is 0. The van der Waals surface area contributed by atoms with E-state index in [0.717, 1.165) is 12.0 Å². The molecule has 0 spiro atoms. The topological polar surface area (TPSA) is 276 Å². The van der Waals surface area contributed by atoms with Gasteiger partial charge in [0.2, 0.25) is 17.2 Å². The average molecular weight is 1120 g/mol. The van der Waals surface area contributed by atoms with E-state index in [1.54, 1.807) is 24.3 Å². The molecule has 4 rings (SSSR count).